The van der Waals surface area contributed by atoms with Gasteiger partial charge in [-0.2, -0.15) is 0 Å². The van der Waals surface area contributed by atoms with E-state index in [9.17, 15) is 9.59 Å². The van der Waals surface area contributed by atoms with Crippen LogP contribution in [0.1, 0.15) is 128 Å². The van der Waals surface area contributed by atoms with Crippen LogP contribution < -0.4 is 0 Å². The van der Waals surface area contributed by atoms with E-state index < -0.39 is 19.3 Å². The van der Waals surface area contributed by atoms with Gasteiger partial charge in [0, 0.05) is 24.2 Å². The van der Waals surface area contributed by atoms with Crippen molar-refractivity contribution in [1.82, 2.24) is 9.34 Å². The van der Waals surface area contributed by atoms with Crippen molar-refractivity contribution in [3.63, 3.8) is 0 Å². The van der Waals surface area contributed by atoms with Gasteiger partial charge in [-0.25, -0.2) is 18.9 Å². The summed E-state index contributed by atoms with van der Waals surface area (Å²) in [6.07, 6.45) is 23.2. The van der Waals surface area contributed by atoms with Crippen molar-refractivity contribution >= 4 is 30.3 Å². The summed E-state index contributed by atoms with van der Waals surface area (Å²) in [6.45, 7) is 0. The van der Waals surface area contributed by atoms with Gasteiger partial charge < -0.3 is 9.47 Å². The van der Waals surface area contributed by atoms with E-state index >= 15 is 0 Å². The first-order chi connectivity index (χ1) is 19.6. The third-order valence-electron chi connectivity index (χ3n) is 10.0. The average molecular weight is 576 g/mol. The number of methoxy groups -OCH3 is 2. The van der Waals surface area contributed by atoms with Crippen molar-refractivity contribution in [3.8, 4) is 0 Å². The van der Waals surface area contributed by atoms with Gasteiger partial charge in [0.1, 0.15) is 5.29 Å². The van der Waals surface area contributed by atoms with Crippen LogP contribution >= 0.6 is 7.34 Å². The monoisotopic (exact) mass is 575 g/mol. The van der Waals surface area contributed by atoms with Crippen LogP contribution in [0.2, 0.25) is 0 Å². The Kier molecular flexibility index (Phi) is 10.5. The van der Waals surface area contributed by atoms with E-state index in [2.05, 4.69) is 19.7 Å². The number of carbonyl (C=O) groups is 2. The fourth-order valence-electron chi connectivity index (χ4n) is 8.24. The van der Waals surface area contributed by atoms with Gasteiger partial charge in [-0.05, 0) is 56.6 Å². The van der Waals surface area contributed by atoms with Crippen molar-refractivity contribution in [2.75, 3.05) is 14.2 Å². The first-order valence-electron chi connectivity index (χ1n) is 16.1. The van der Waals surface area contributed by atoms with Gasteiger partial charge >= 0.3 is 11.9 Å². The van der Waals surface area contributed by atoms with Crippen molar-refractivity contribution in [1.29, 1.82) is 0 Å². The van der Waals surface area contributed by atoms with Crippen molar-refractivity contribution < 1.29 is 19.1 Å². The molecule has 4 fully saturated rings. The summed E-state index contributed by atoms with van der Waals surface area (Å²) in [5.41, 5.74) is 0.00548. The maximum absolute atomic E-state index is 14.1. The summed E-state index contributed by atoms with van der Waals surface area (Å²) in [7, 11) is -0.284. The minimum Gasteiger partial charge on any atom is -0.465 e. The lowest BCUT2D eigenvalue weighted by Crippen LogP contribution is -2.54. The van der Waals surface area contributed by atoms with Gasteiger partial charge in [-0.15, -0.1) is 9.99 Å². The second-order valence-electron chi connectivity index (χ2n) is 12.5. The Morgan fingerprint density at radius 2 is 0.950 bits per heavy atom. The normalized spacial score (nSPS) is 25.7. The van der Waals surface area contributed by atoms with Crippen molar-refractivity contribution in [2.45, 2.75) is 153 Å². The highest BCUT2D eigenvalue weighted by atomic mass is 31.2. The molecule has 0 saturated heterocycles. The lowest BCUT2D eigenvalue weighted by Gasteiger charge is -2.56. The summed E-state index contributed by atoms with van der Waals surface area (Å²) in [4.78, 5) is 32.6. The highest BCUT2D eigenvalue weighted by Gasteiger charge is 2.53. The minimum atomic E-state index is -3.05. The molecule has 4 saturated carbocycles. The third kappa shape index (κ3) is 5.98. The maximum atomic E-state index is 14.1. The quantitative estimate of drug-likeness (QED) is 0.228. The number of nitrogens with zero attached hydrogens (tertiary/aromatic N) is 5. The third-order valence-corrected chi connectivity index (χ3v) is 13.9. The zero-order chi connectivity index (χ0) is 28.0. The molecule has 5 aliphatic rings. The Balaban J connectivity index is 1.82. The minimum absolute atomic E-state index is 0.00548. The Labute approximate surface area is 240 Å². The van der Waals surface area contributed by atoms with Gasteiger partial charge in [0.15, 0.2) is 13.0 Å². The van der Waals surface area contributed by atoms with E-state index in [1.807, 2.05) is 0 Å². The van der Waals surface area contributed by atoms with Crippen molar-refractivity contribution in [3.05, 3.63) is 0 Å². The number of rotatable bonds is 8. The summed E-state index contributed by atoms with van der Waals surface area (Å²) in [6, 6.07) is 1.21. The van der Waals surface area contributed by atoms with E-state index in [0.29, 0.717) is 29.5 Å². The van der Waals surface area contributed by atoms with Crippen molar-refractivity contribution in [2.24, 2.45) is 15.2 Å². The summed E-state index contributed by atoms with van der Waals surface area (Å²) < 4.78 is 16.2. The van der Waals surface area contributed by atoms with Crippen LogP contribution in [0.25, 0.3) is 0 Å². The molecule has 5 rings (SSSR count). The molecular weight excluding hydrogens is 525 g/mol. The van der Waals surface area contributed by atoms with Gasteiger partial charge in [-0.3, -0.25) is 0 Å². The molecule has 0 amide bonds. The molecule has 0 N–H and O–H groups in total. The van der Waals surface area contributed by atoms with Gasteiger partial charge in [0.05, 0.1) is 14.2 Å². The Hall–Kier alpha value is -1.57. The molecule has 0 bridgehead atoms. The van der Waals surface area contributed by atoms with Gasteiger partial charge in [0.25, 0.3) is 0 Å². The molecule has 10 heteroatoms. The van der Waals surface area contributed by atoms with E-state index in [1.165, 1.54) is 91.3 Å². The predicted molar refractivity (Wildman–Crippen MR) is 159 cm³/mol. The molecule has 0 aromatic carbocycles. The smallest absolute Gasteiger partial charge is 0.359 e. The molecule has 224 valence electrons. The molecule has 0 atom stereocenters. The molecular formula is C30H50N5O4P. The largest absolute Gasteiger partial charge is 0.465 e. The van der Waals surface area contributed by atoms with E-state index in [1.54, 1.807) is 0 Å². The van der Waals surface area contributed by atoms with Crippen LogP contribution in [0.4, 0.5) is 0 Å². The average Bonchev–Trinajstić information content (AvgIpc) is 3.02. The van der Waals surface area contributed by atoms with Crippen LogP contribution in [0, 0.1) is 0 Å². The molecule has 0 radical (unpaired) electrons. The highest BCUT2D eigenvalue weighted by Crippen LogP contribution is 2.66. The second kappa shape index (κ2) is 14.1. The Bertz CT molecular complexity index is 926. The predicted octanol–water partition coefficient (Wildman–Crippen LogP) is 7.02. The number of hydrogen-bond acceptors (Lipinski definition) is 9. The number of ether oxygens (including phenoxy) is 2. The fraction of sp³-hybridized carbons (Fsp3) is 0.867. The van der Waals surface area contributed by atoms with Crippen LogP contribution in [-0.4, -0.2) is 70.7 Å². The van der Waals surface area contributed by atoms with Crippen LogP contribution in [0.3, 0.4) is 0 Å². The second-order valence-corrected chi connectivity index (χ2v) is 15.1. The molecule has 9 nitrogen and oxygen atoms in total. The molecule has 1 heterocycles. The van der Waals surface area contributed by atoms with Gasteiger partial charge in [-0.1, -0.05) is 77.0 Å². The molecule has 0 spiro atoms. The van der Waals surface area contributed by atoms with Gasteiger partial charge in [0.2, 0.25) is 0 Å². The lowest BCUT2D eigenvalue weighted by molar-refractivity contribution is -0.134. The van der Waals surface area contributed by atoms with Crippen LogP contribution in [-0.2, 0) is 19.1 Å². The fourth-order valence-corrected chi connectivity index (χ4v) is 12.9. The van der Waals surface area contributed by atoms with E-state index in [0.717, 1.165) is 51.4 Å². The molecule has 0 aromatic heterocycles. The zero-order valence-electron chi connectivity index (χ0n) is 24.8. The first kappa shape index (κ1) is 29.9. The Morgan fingerprint density at radius 3 is 1.27 bits per heavy atom. The molecule has 1 aliphatic heterocycles. The maximum Gasteiger partial charge on any atom is 0.359 e. The number of esters is 2. The zero-order valence-corrected chi connectivity index (χ0v) is 25.7. The van der Waals surface area contributed by atoms with E-state index in [4.69, 9.17) is 14.4 Å². The summed E-state index contributed by atoms with van der Waals surface area (Å²) >= 11 is 0. The SMILES string of the molecule is COC(=O)C1=NN=NP(N(C2CCCCC2)C2CCCCC2)(N(C2CCCCC2)C2CCCCC2)=C1C(=O)OC. The molecule has 4 aliphatic carbocycles. The molecule has 0 aromatic rings. The van der Waals surface area contributed by atoms with Crippen LogP contribution in [0.15, 0.2) is 15.2 Å². The first-order valence-corrected chi connectivity index (χ1v) is 17.8. The summed E-state index contributed by atoms with van der Waals surface area (Å²) in [5.74, 6) is -1.12. The lowest BCUT2D eigenvalue weighted by atomic mass is 9.90. The van der Waals surface area contributed by atoms with Crippen LogP contribution in [0.5, 0.6) is 0 Å². The topological polar surface area (TPSA) is 96.2 Å². The highest BCUT2D eigenvalue weighted by molar-refractivity contribution is 7.75. The molecule has 0 unspecified atom stereocenters. The van der Waals surface area contributed by atoms with E-state index in [-0.39, 0.29) is 5.71 Å². The number of hydrogen-bond donors (Lipinski definition) is 0. The standard InChI is InChI=1S/C30H50N5O4P/c1-38-29(36)27-28(30(37)39-2)40(33-32-31-27,34(23-15-7-3-8-16-23)24-17-9-4-10-18-24)35(25-19-11-5-12-20-25)26-21-13-6-14-22-26/h23-26H,3-22H2,1-2H3. The number of carbonyl (C=O) groups excluding carboxylic acids is 2. The Morgan fingerprint density at radius 1 is 0.600 bits per heavy atom. The molecule has 40 heavy (non-hydrogen) atoms. The summed E-state index contributed by atoms with van der Waals surface area (Å²) in [5, 5.41) is 8.98.